The topological polar surface area (TPSA) is 49.4 Å². The highest BCUT2D eigenvalue weighted by Crippen LogP contribution is 2.21. The quantitative estimate of drug-likeness (QED) is 0.912. The van der Waals surface area contributed by atoms with Crippen molar-refractivity contribution in [2.24, 2.45) is 0 Å². The molecule has 0 atom stereocenters. The number of benzene rings is 2. The van der Waals surface area contributed by atoms with Gasteiger partial charge in [0, 0.05) is 35.8 Å². The molecule has 0 bridgehead atoms. The van der Waals surface area contributed by atoms with Gasteiger partial charge in [-0.25, -0.2) is 0 Å². The summed E-state index contributed by atoms with van der Waals surface area (Å²) in [7, 11) is 0. The molecule has 1 aliphatic heterocycles. The number of aryl methyl sites for hydroxylation is 1. The van der Waals surface area contributed by atoms with E-state index in [2.05, 4.69) is 5.32 Å². The van der Waals surface area contributed by atoms with E-state index >= 15 is 0 Å². The SMILES string of the molecule is Cc1ccc(Cl)cc1NC(=O)c1ccc(CN2CCCC2=O)cc1. The second-order valence-corrected chi connectivity index (χ2v) is 6.47. The van der Waals surface area contributed by atoms with E-state index in [1.54, 1.807) is 24.3 Å². The van der Waals surface area contributed by atoms with Crippen LogP contribution in [0.2, 0.25) is 5.02 Å². The summed E-state index contributed by atoms with van der Waals surface area (Å²) in [5.74, 6) is 0.0254. The molecular weight excluding hydrogens is 324 g/mol. The molecule has 1 aliphatic rings. The molecule has 0 unspecified atom stereocenters. The third-order valence-electron chi connectivity index (χ3n) is 4.21. The van der Waals surface area contributed by atoms with Crippen LogP contribution in [0.3, 0.4) is 0 Å². The van der Waals surface area contributed by atoms with Crippen LogP contribution in [0, 0.1) is 6.92 Å². The minimum Gasteiger partial charge on any atom is -0.338 e. The van der Waals surface area contributed by atoms with Gasteiger partial charge in [0.2, 0.25) is 5.91 Å². The Balaban J connectivity index is 1.67. The Labute approximate surface area is 146 Å². The number of hydrogen-bond donors (Lipinski definition) is 1. The van der Waals surface area contributed by atoms with Crippen LogP contribution in [-0.4, -0.2) is 23.3 Å². The van der Waals surface area contributed by atoms with Gasteiger partial charge in [-0.05, 0) is 48.7 Å². The standard InChI is InChI=1S/C19H19ClN2O2/c1-13-4-9-16(20)11-17(13)21-19(24)15-7-5-14(6-8-15)12-22-10-2-3-18(22)23/h4-9,11H,2-3,10,12H2,1H3,(H,21,24). The van der Waals surface area contributed by atoms with E-state index in [1.165, 1.54) is 0 Å². The number of anilines is 1. The normalized spacial score (nSPS) is 14.1. The molecule has 0 radical (unpaired) electrons. The fourth-order valence-corrected chi connectivity index (χ4v) is 2.95. The van der Waals surface area contributed by atoms with Crippen LogP contribution in [0.15, 0.2) is 42.5 Å². The summed E-state index contributed by atoms with van der Waals surface area (Å²) in [6.07, 6.45) is 1.57. The first-order valence-electron chi connectivity index (χ1n) is 7.97. The first-order valence-corrected chi connectivity index (χ1v) is 8.35. The Kier molecular flexibility index (Phi) is 4.86. The summed E-state index contributed by atoms with van der Waals surface area (Å²) in [4.78, 5) is 25.9. The van der Waals surface area contributed by atoms with E-state index in [9.17, 15) is 9.59 Å². The maximum absolute atomic E-state index is 12.4. The minimum absolute atomic E-state index is 0.177. The Morgan fingerprint density at radius 3 is 2.62 bits per heavy atom. The molecule has 24 heavy (non-hydrogen) atoms. The molecule has 1 fully saturated rings. The molecule has 1 saturated heterocycles. The van der Waals surface area contributed by atoms with Gasteiger partial charge in [0.15, 0.2) is 0 Å². The molecule has 1 N–H and O–H groups in total. The lowest BCUT2D eigenvalue weighted by Crippen LogP contribution is -2.23. The van der Waals surface area contributed by atoms with E-state index < -0.39 is 0 Å². The first-order chi connectivity index (χ1) is 11.5. The lowest BCUT2D eigenvalue weighted by Gasteiger charge is -2.15. The highest BCUT2D eigenvalue weighted by Gasteiger charge is 2.20. The smallest absolute Gasteiger partial charge is 0.255 e. The average Bonchev–Trinajstić information content (AvgIpc) is 2.96. The van der Waals surface area contributed by atoms with Crippen LogP contribution in [-0.2, 0) is 11.3 Å². The van der Waals surface area contributed by atoms with Gasteiger partial charge in [-0.1, -0.05) is 29.8 Å². The summed E-state index contributed by atoms with van der Waals surface area (Å²) >= 11 is 5.98. The molecule has 4 nitrogen and oxygen atoms in total. The minimum atomic E-state index is -0.177. The summed E-state index contributed by atoms with van der Waals surface area (Å²) in [5.41, 5.74) is 3.27. The van der Waals surface area contributed by atoms with Crippen molar-refractivity contribution in [2.75, 3.05) is 11.9 Å². The van der Waals surface area contributed by atoms with E-state index in [0.717, 1.165) is 24.1 Å². The van der Waals surface area contributed by atoms with Crippen molar-refractivity contribution in [3.05, 3.63) is 64.2 Å². The number of nitrogens with one attached hydrogen (secondary N) is 1. The van der Waals surface area contributed by atoms with Crippen LogP contribution < -0.4 is 5.32 Å². The molecule has 5 heteroatoms. The number of halogens is 1. The summed E-state index contributed by atoms with van der Waals surface area (Å²) in [5, 5.41) is 3.46. The number of likely N-dealkylation sites (tertiary alicyclic amines) is 1. The third-order valence-corrected chi connectivity index (χ3v) is 4.44. The molecule has 2 amide bonds. The Hall–Kier alpha value is -2.33. The molecule has 2 aromatic rings. The van der Waals surface area contributed by atoms with Crippen LogP contribution in [0.25, 0.3) is 0 Å². The van der Waals surface area contributed by atoms with Crippen LogP contribution in [0.4, 0.5) is 5.69 Å². The van der Waals surface area contributed by atoms with Crippen LogP contribution >= 0.6 is 11.6 Å². The molecule has 3 rings (SSSR count). The van der Waals surface area contributed by atoms with Crippen molar-refractivity contribution in [1.29, 1.82) is 0 Å². The van der Waals surface area contributed by atoms with Gasteiger partial charge in [-0.3, -0.25) is 9.59 Å². The molecule has 1 heterocycles. The van der Waals surface area contributed by atoms with Crippen molar-refractivity contribution in [2.45, 2.75) is 26.3 Å². The Morgan fingerprint density at radius 1 is 1.21 bits per heavy atom. The third kappa shape index (κ3) is 3.77. The maximum atomic E-state index is 12.4. The van der Waals surface area contributed by atoms with Crippen molar-refractivity contribution >= 4 is 29.1 Å². The highest BCUT2D eigenvalue weighted by molar-refractivity contribution is 6.31. The number of amides is 2. The number of carbonyl (C=O) groups excluding carboxylic acids is 2. The lowest BCUT2D eigenvalue weighted by molar-refractivity contribution is -0.128. The van der Waals surface area contributed by atoms with Gasteiger partial charge in [0.25, 0.3) is 5.91 Å². The monoisotopic (exact) mass is 342 g/mol. The summed E-state index contributed by atoms with van der Waals surface area (Å²) in [6.45, 7) is 3.34. The second kappa shape index (κ2) is 7.05. The predicted molar refractivity (Wildman–Crippen MR) is 95.2 cm³/mol. The maximum Gasteiger partial charge on any atom is 0.255 e. The molecule has 124 valence electrons. The summed E-state index contributed by atoms with van der Waals surface area (Å²) < 4.78 is 0. The van der Waals surface area contributed by atoms with Gasteiger partial charge < -0.3 is 10.2 Å². The van der Waals surface area contributed by atoms with Crippen molar-refractivity contribution < 1.29 is 9.59 Å². The van der Waals surface area contributed by atoms with E-state index in [0.29, 0.717) is 29.2 Å². The average molecular weight is 343 g/mol. The fourth-order valence-electron chi connectivity index (χ4n) is 2.78. The first kappa shape index (κ1) is 16.5. The number of carbonyl (C=O) groups is 2. The van der Waals surface area contributed by atoms with E-state index in [-0.39, 0.29) is 11.8 Å². The highest BCUT2D eigenvalue weighted by atomic mass is 35.5. The number of nitrogens with zero attached hydrogens (tertiary/aromatic N) is 1. The largest absolute Gasteiger partial charge is 0.338 e. The van der Waals surface area contributed by atoms with Gasteiger partial charge in [0.05, 0.1) is 0 Å². The van der Waals surface area contributed by atoms with Crippen molar-refractivity contribution in [1.82, 2.24) is 4.90 Å². The van der Waals surface area contributed by atoms with Gasteiger partial charge in [0.1, 0.15) is 0 Å². The number of hydrogen-bond acceptors (Lipinski definition) is 2. The zero-order chi connectivity index (χ0) is 17.1. The molecular formula is C19H19ClN2O2. The molecule has 0 aromatic heterocycles. The zero-order valence-electron chi connectivity index (χ0n) is 13.5. The van der Waals surface area contributed by atoms with E-state index in [1.807, 2.05) is 30.0 Å². The van der Waals surface area contributed by atoms with Crippen molar-refractivity contribution in [3.63, 3.8) is 0 Å². The van der Waals surface area contributed by atoms with Gasteiger partial charge >= 0.3 is 0 Å². The van der Waals surface area contributed by atoms with Crippen LogP contribution in [0.5, 0.6) is 0 Å². The Bertz CT molecular complexity index is 771. The molecule has 0 aliphatic carbocycles. The summed E-state index contributed by atoms with van der Waals surface area (Å²) in [6, 6.07) is 12.8. The van der Waals surface area contributed by atoms with Crippen molar-refractivity contribution in [3.8, 4) is 0 Å². The van der Waals surface area contributed by atoms with Gasteiger partial charge in [-0.15, -0.1) is 0 Å². The predicted octanol–water partition coefficient (Wildman–Crippen LogP) is 4.02. The second-order valence-electron chi connectivity index (χ2n) is 6.03. The van der Waals surface area contributed by atoms with E-state index in [4.69, 9.17) is 11.6 Å². The zero-order valence-corrected chi connectivity index (χ0v) is 14.3. The van der Waals surface area contributed by atoms with Crippen LogP contribution in [0.1, 0.15) is 34.3 Å². The molecule has 0 saturated carbocycles. The Morgan fingerprint density at radius 2 is 1.96 bits per heavy atom. The fraction of sp³-hybridized carbons (Fsp3) is 0.263. The molecule has 2 aromatic carbocycles. The van der Waals surface area contributed by atoms with Gasteiger partial charge in [-0.2, -0.15) is 0 Å². The molecule has 0 spiro atoms. The lowest BCUT2D eigenvalue weighted by atomic mass is 10.1. The number of rotatable bonds is 4.